The van der Waals surface area contributed by atoms with Gasteiger partial charge in [0.1, 0.15) is 0 Å². The standard InChI is InChI=1S/C24H17N5.C20H14N4/c1-2-16-12-18-4-6-20(27-18)14-22-8-10-24(29-22)23-9-7-21(28-23)13-19-5-3-17(26-19)11-15(1)25-16;1-2-14-10-16-5-6-18(23-16)12-20-8-7-19(24-20)11-17-4-3-15(22-17)9-13(1)21-14/h1-14,25-27H;1-12,21-22H. The van der Waals surface area contributed by atoms with E-state index in [9.17, 15) is 0 Å². The van der Waals surface area contributed by atoms with E-state index < -0.39 is 0 Å². The fourth-order valence-electron chi connectivity index (χ4n) is 6.59. The number of H-pyrrole nitrogens is 5. The molecule has 11 rings (SSSR count). The van der Waals surface area contributed by atoms with E-state index in [1.54, 1.807) is 0 Å². The first-order chi connectivity index (χ1) is 26.1. The van der Waals surface area contributed by atoms with Crippen LogP contribution < -0.4 is 0 Å². The quantitative estimate of drug-likeness (QED) is 0.109. The van der Waals surface area contributed by atoms with Crippen LogP contribution in [-0.2, 0) is 0 Å². The lowest BCUT2D eigenvalue weighted by molar-refractivity contribution is 1.23. The molecular formula is C44H31N9. The fourth-order valence-corrected chi connectivity index (χ4v) is 6.59. The highest BCUT2D eigenvalue weighted by molar-refractivity contribution is 5.82. The molecule has 0 radical (unpaired) electrons. The maximum absolute atomic E-state index is 4.71. The van der Waals surface area contributed by atoms with Crippen molar-refractivity contribution in [2.24, 2.45) is 0 Å². The van der Waals surface area contributed by atoms with Gasteiger partial charge in [-0.2, -0.15) is 0 Å². The molecule has 0 fully saturated rings. The summed E-state index contributed by atoms with van der Waals surface area (Å²) in [6.45, 7) is 0. The lowest BCUT2D eigenvalue weighted by Gasteiger charge is -1.87. The molecule has 0 aliphatic carbocycles. The topological polar surface area (TPSA) is 131 Å². The molecule has 5 N–H and O–H groups in total. The van der Waals surface area contributed by atoms with Gasteiger partial charge in [-0.25, -0.2) is 19.9 Å². The summed E-state index contributed by atoms with van der Waals surface area (Å²) in [6, 6.07) is 37.1. The van der Waals surface area contributed by atoms with Gasteiger partial charge in [0, 0.05) is 55.2 Å². The van der Waals surface area contributed by atoms with Gasteiger partial charge in [0.15, 0.2) is 0 Å². The highest BCUT2D eigenvalue weighted by atomic mass is 14.8. The Labute approximate surface area is 302 Å². The van der Waals surface area contributed by atoms with Crippen molar-refractivity contribution in [3.63, 3.8) is 0 Å². The van der Waals surface area contributed by atoms with Gasteiger partial charge in [0.25, 0.3) is 0 Å². The predicted molar refractivity (Wildman–Crippen MR) is 218 cm³/mol. The number of aromatic amines is 5. The summed E-state index contributed by atoms with van der Waals surface area (Å²) in [6.07, 6.45) is 16.1. The van der Waals surface area contributed by atoms with Crippen LogP contribution in [0.3, 0.4) is 0 Å². The Morgan fingerprint density at radius 1 is 0.226 bits per heavy atom. The molecule has 252 valence electrons. The Kier molecular flexibility index (Phi) is 7.25. The van der Waals surface area contributed by atoms with Crippen LogP contribution in [0.2, 0.25) is 0 Å². The van der Waals surface area contributed by atoms with E-state index in [2.05, 4.69) is 114 Å². The van der Waals surface area contributed by atoms with Gasteiger partial charge in [0.2, 0.25) is 0 Å². The second kappa shape index (κ2) is 12.7. The molecular weight excluding hydrogens is 655 g/mol. The van der Waals surface area contributed by atoms with Gasteiger partial charge in [-0.3, -0.25) is 0 Å². The summed E-state index contributed by atoms with van der Waals surface area (Å²) in [5, 5.41) is 0. The minimum atomic E-state index is 0.881. The maximum atomic E-state index is 4.71. The zero-order chi connectivity index (χ0) is 35.1. The van der Waals surface area contributed by atoms with E-state index in [1.807, 2.05) is 78.9 Å². The van der Waals surface area contributed by atoms with Crippen LogP contribution in [0, 0.1) is 0 Å². The molecule has 0 unspecified atom stereocenters. The average Bonchev–Trinajstić information content (AvgIpc) is 3.98. The minimum absolute atomic E-state index is 0.881. The predicted octanol–water partition coefficient (Wildman–Crippen LogP) is 10.4. The third kappa shape index (κ3) is 6.70. The number of nitrogens with one attached hydrogen (secondary N) is 5. The van der Waals surface area contributed by atoms with E-state index in [0.717, 1.165) is 101 Å². The van der Waals surface area contributed by atoms with E-state index in [4.69, 9.17) is 9.97 Å². The van der Waals surface area contributed by atoms with Crippen molar-refractivity contribution in [3.05, 3.63) is 155 Å². The molecule has 7 aromatic heterocycles. The van der Waals surface area contributed by atoms with Crippen molar-refractivity contribution in [2.75, 3.05) is 0 Å². The van der Waals surface area contributed by atoms with Gasteiger partial charge in [-0.05, 0) is 158 Å². The van der Waals surface area contributed by atoms with Gasteiger partial charge in [-0.1, -0.05) is 0 Å². The first kappa shape index (κ1) is 30.3. The molecule has 0 aromatic carbocycles. The van der Waals surface area contributed by atoms with E-state index in [1.165, 1.54) is 0 Å². The van der Waals surface area contributed by atoms with Gasteiger partial charge >= 0.3 is 0 Å². The number of hydrogen-bond donors (Lipinski definition) is 5. The van der Waals surface area contributed by atoms with Crippen molar-refractivity contribution in [3.8, 4) is 0 Å². The molecule has 0 spiro atoms. The monoisotopic (exact) mass is 685 g/mol. The highest BCUT2D eigenvalue weighted by Crippen LogP contribution is 2.21. The largest absolute Gasteiger partial charge is 0.355 e. The Bertz CT molecular complexity index is 2880. The highest BCUT2D eigenvalue weighted by Gasteiger charge is 2.07. The second-order valence-electron chi connectivity index (χ2n) is 13.1. The SMILES string of the molecule is C1=Cc2cc3ccc(cc4ccc(cc5nc(cc1n2)C=C5)[nH]4)[nH]3.C1=Cc2nc1cc1ccc(cc3ccc(cc4ccc(cc5nc2C=C5)[nH]4)[nH]3)[nH]1. The van der Waals surface area contributed by atoms with Crippen molar-refractivity contribution < 1.29 is 0 Å². The zero-order valence-electron chi connectivity index (χ0n) is 28.3. The third-order valence-corrected chi connectivity index (χ3v) is 9.05. The molecule has 4 aliphatic heterocycles. The summed E-state index contributed by atoms with van der Waals surface area (Å²) < 4.78 is 0. The molecule has 53 heavy (non-hydrogen) atoms. The summed E-state index contributed by atoms with van der Waals surface area (Å²) in [5.41, 5.74) is 17.6. The Morgan fingerprint density at radius 2 is 0.453 bits per heavy atom. The van der Waals surface area contributed by atoms with Gasteiger partial charge in [0.05, 0.1) is 45.6 Å². The number of rotatable bonds is 0. The van der Waals surface area contributed by atoms with Gasteiger partial charge < -0.3 is 24.9 Å². The van der Waals surface area contributed by atoms with Crippen molar-refractivity contribution >= 4 is 104 Å². The van der Waals surface area contributed by atoms with Crippen LogP contribution in [0.15, 0.2) is 109 Å². The summed E-state index contributed by atoms with van der Waals surface area (Å²) in [7, 11) is 0. The normalized spacial score (nSPS) is 12.6. The Balaban J connectivity index is 0.000000134. The number of nitrogens with zero attached hydrogens (tertiary/aromatic N) is 4. The van der Waals surface area contributed by atoms with Crippen LogP contribution in [0.5, 0.6) is 0 Å². The van der Waals surface area contributed by atoms with E-state index in [-0.39, 0.29) is 0 Å². The fraction of sp³-hybridized carbons (Fsp3) is 0. The number of fused-ring (bicyclic) bond motifs is 19. The molecule has 0 saturated carbocycles. The first-order valence-electron chi connectivity index (χ1n) is 17.4. The van der Waals surface area contributed by atoms with Crippen LogP contribution in [0.4, 0.5) is 0 Å². The Morgan fingerprint density at radius 3 is 0.755 bits per heavy atom. The molecule has 0 amide bonds. The van der Waals surface area contributed by atoms with Crippen molar-refractivity contribution in [1.82, 2.24) is 44.9 Å². The van der Waals surface area contributed by atoms with Crippen LogP contribution in [0.1, 0.15) is 45.6 Å². The second-order valence-corrected chi connectivity index (χ2v) is 13.1. The van der Waals surface area contributed by atoms with E-state index in [0.29, 0.717) is 0 Å². The number of hydrogen-bond acceptors (Lipinski definition) is 4. The van der Waals surface area contributed by atoms with Crippen molar-refractivity contribution in [1.29, 1.82) is 0 Å². The van der Waals surface area contributed by atoms with Crippen LogP contribution in [0.25, 0.3) is 104 Å². The summed E-state index contributed by atoms with van der Waals surface area (Å²) >= 11 is 0. The van der Waals surface area contributed by atoms with Crippen LogP contribution in [-0.4, -0.2) is 44.9 Å². The summed E-state index contributed by atoms with van der Waals surface area (Å²) in [5.74, 6) is 0. The number of aromatic nitrogens is 9. The van der Waals surface area contributed by atoms with E-state index >= 15 is 0 Å². The molecule has 11 heterocycles. The zero-order valence-corrected chi connectivity index (χ0v) is 28.3. The average molecular weight is 686 g/mol. The maximum Gasteiger partial charge on any atom is 0.0894 e. The van der Waals surface area contributed by atoms with Gasteiger partial charge in [-0.15, -0.1) is 0 Å². The first-order valence-corrected chi connectivity index (χ1v) is 17.4. The Hall–Kier alpha value is -7.52. The molecule has 4 aliphatic rings. The molecule has 18 bridgehead atoms. The molecule has 9 heteroatoms. The van der Waals surface area contributed by atoms with Crippen LogP contribution >= 0.6 is 0 Å². The lowest BCUT2D eigenvalue weighted by atomic mass is 10.3. The molecule has 0 saturated heterocycles. The molecule has 9 nitrogen and oxygen atoms in total. The smallest absolute Gasteiger partial charge is 0.0894 e. The third-order valence-electron chi connectivity index (χ3n) is 9.05. The molecule has 7 aromatic rings. The summed E-state index contributed by atoms with van der Waals surface area (Å²) in [4.78, 5) is 35.7. The minimum Gasteiger partial charge on any atom is -0.355 e. The van der Waals surface area contributed by atoms with Crippen molar-refractivity contribution in [2.45, 2.75) is 0 Å². The molecule has 0 atom stereocenters. The lowest BCUT2D eigenvalue weighted by Crippen LogP contribution is -1.81.